The predicted molar refractivity (Wildman–Crippen MR) is 119 cm³/mol. The Bertz CT molecular complexity index is 1310. The van der Waals surface area contributed by atoms with Crippen LogP contribution in [0.5, 0.6) is 0 Å². The summed E-state index contributed by atoms with van der Waals surface area (Å²) in [6.45, 7) is 4.06. The highest BCUT2D eigenvalue weighted by atomic mass is 35.5. The van der Waals surface area contributed by atoms with E-state index in [9.17, 15) is 8.42 Å². The minimum atomic E-state index is -3.51. The number of aromatic nitrogens is 2. The lowest BCUT2D eigenvalue weighted by atomic mass is 9.99. The first-order chi connectivity index (χ1) is 13.9. The molecular formula is C23H19ClN2O2S. The molecule has 0 saturated carbocycles. The van der Waals surface area contributed by atoms with E-state index in [4.69, 9.17) is 11.6 Å². The molecule has 0 unspecified atom stereocenters. The van der Waals surface area contributed by atoms with Crippen molar-refractivity contribution in [1.29, 1.82) is 0 Å². The van der Waals surface area contributed by atoms with Gasteiger partial charge in [0.2, 0.25) is 15.0 Å². The number of allylic oxidation sites excluding steroid dienone is 1. The van der Waals surface area contributed by atoms with Gasteiger partial charge in [-0.25, -0.2) is 13.4 Å². The standard InChI is InChI=1S/C23H19ClN2O2S/c1-3-13-26-21-15-19(24)14-20(22(21)25-23(26)29(2,27)28)18-11-9-17(10-12-18)16-7-5-4-6-8-16/h3-12,14-15H,1,13H2,2H3. The number of nitrogens with zero attached hydrogens (tertiary/aromatic N) is 2. The molecule has 3 aromatic carbocycles. The molecule has 0 fully saturated rings. The Morgan fingerprint density at radius 3 is 2.24 bits per heavy atom. The Morgan fingerprint density at radius 2 is 1.62 bits per heavy atom. The van der Waals surface area contributed by atoms with Gasteiger partial charge in [-0.15, -0.1) is 6.58 Å². The molecule has 4 nitrogen and oxygen atoms in total. The van der Waals surface area contributed by atoms with E-state index in [1.165, 1.54) is 0 Å². The predicted octanol–water partition coefficient (Wildman–Crippen LogP) is 5.61. The maximum atomic E-state index is 12.3. The molecule has 0 saturated heterocycles. The first-order valence-electron chi connectivity index (χ1n) is 9.05. The lowest BCUT2D eigenvalue weighted by Crippen LogP contribution is -2.08. The zero-order valence-corrected chi connectivity index (χ0v) is 17.4. The number of fused-ring (bicyclic) bond motifs is 1. The van der Waals surface area contributed by atoms with E-state index in [1.807, 2.05) is 48.5 Å². The van der Waals surface area contributed by atoms with Crippen LogP contribution in [0.15, 0.2) is 84.5 Å². The molecule has 0 spiro atoms. The van der Waals surface area contributed by atoms with Crippen molar-refractivity contribution in [3.63, 3.8) is 0 Å². The number of hydrogen-bond acceptors (Lipinski definition) is 3. The number of imidazole rings is 1. The van der Waals surface area contributed by atoms with Crippen LogP contribution in [0, 0.1) is 0 Å². The SMILES string of the molecule is C=CCn1c(S(C)(=O)=O)nc2c(-c3ccc(-c4ccccc4)cc3)cc(Cl)cc21. The molecule has 1 heterocycles. The van der Waals surface area contributed by atoms with Crippen molar-refractivity contribution >= 4 is 32.5 Å². The molecule has 6 heteroatoms. The van der Waals surface area contributed by atoms with Crippen molar-refractivity contribution < 1.29 is 8.42 Å². The largest absolute Gasteiger partial charge is 0.311 e. The summed E-state index contributed by atoms with van der Waals surface area (Å²) < 4.78 is 26.2. The van der Waals surface area contributed by atoms with Gasteiger partial charge < -0.3 is 4.57 Å². The topological polar surface area (TPSA) is 52.0 Å². The van der Waals surface area contributed by atoms with Crippen LogP contribution in [0.2, 0.25) is 5.02 Å². The average molecular weight is 423 g/mol. The highest BCUT2D eigenvalue weighted by molar-refractivity contribution is 7.90. The summed E-state index contributed by atoms with van der Waals surface area (Å²) in [6, 6.07) is 21.7. The van der Waals surface area contributed by atoms with Gasteiger partial charge in [-0.1, -0.05) is 72.3 Å². The van der Waals surface area contributed by atoms with Gasteiger partial charge >= 0.3 is 0 Å². The molecule has 0 bridgehead atoms. The van der Waals surface area contributed by atoms with Crippen LogP contribution in [0.4, 0.5) is 0 Å². The molecule has 29 heavy (non-hydrogen) atoms. The van der Waals surface area contributed by atoms with Crippen LogP contribution in [-0.4, -0.2) is 24.2 Å². The van der Waals surface area contributed by atoms with E-state index in [1.54, 1.807) is 16.7 Å². The fourth-order valence-electron chi connectivity index (χ4n) is 3.45. The van der Waals surface area contributed by atoms with Crippen LogP contribution in [-0.2, 0) is 16.4 Å². The Balaban J connectivity index is 1.91. The lowest BCUT2D eigenvalue weighted by Gasteiger charge is -2.08. The number of hydrogen-bond donors (Lipinski definition) is 0. The number of sulfone groups is 1. The van der Waals surface area contributed by atoms with E-state index in [-0.39, 0.29) is 5.16 Å². The summed E-state index contributed by atoms with van der Waals surface area (Å²) in [5.41, 5.74) is 5.20. The molecule has 0 aliphatic carbocycles. The fourth-order valence-corrected chi connectivity index (χ4v) is 4.49. The van der Waals surface area contributed by atoms with Crippen LogP contribution in [0.25, 0.3) is 33.3 Å². The quantitative estimate of drug-likeness (QED) is 0.392. The van der Waals surface area contributed by atoms with Crippen molar-refractivity contribution in [2.24, 2.45) is 0 Å². The van der Waals surface area contributed by atoms with Gasteiger partial charge in [-0.3, -0.25) is 0 Å². The monoisotopic (exact) mass is 422 g/mol. The van der Waals surface area contributed by atoms with E-state index in [2.05, 4.69) is 23.7 Å². The molecular weight excluding hydrogens is 404 g/mol. The van der Waals surface area contributed by atoms with Crippen LogP contribution in [0.1, 0.15) is 0 Å². The fraction of sp³-hybridized carbons (Fsp3) is 0.0870. The van der Waals surface area contributed by atoms with Crippen molar-refractivity contribution in [2.45, 2.75) is 11.7 Å². The Labute approximate surface area is 175 Å². The van der Waals surface area contributed by atoms with Gasteiger partial charge in [0.1, 0.15) is 0 Å². The van der Waals surface area contributed by atoms with Gasteiger partial charge in [0.05, 0.1) is 11.0 Å². The second-order valence-corrected chi connectivity index (χ2v) is 9.18. The summed E-state index contributed by atoms with van der Waals surface area (Å²) in [5, 5.41) is 0.529. The molecule has 0 amide bonds. The van der Waals surface area contributed by atoms with Gasteiger partial charge in [0.15, 0.2) is 0 Å². The van der Waals surface area contributed by atoms with Crippen LogP contribution < -0.4 is 0 Å². The van der Waals surface area contributed by atoms with Gasteiger partial charge in [0, 0.05) is 23.4 Å². The molecule has 0 N–H and O–H groups in total. The minimum absolute atomic E-state index is 0.0109. The molecule has 4 rings (SSSR count). The molecule has 146 valence electrons. The van der Waals surface area contributed by atoms with E-state index < -0.39 is 9.84 Å². The number of benzene rings is 3. The summed E-state index contributed by atoms with van der Waals surface area (Å²) in [4.78, 5) is 4.47. The third kappa shape index (κ3) is 3.71. The molecule has 0 aliphatic rings. The van der Waals surface area contributed by atoms with Gasteiger partial charge in [0.25, 0.3) is 0 Å². The van der Waals surface area contributed by atoms with E-state index in [0.29, 0.717) is 22.6 Å². The first-order valence-corrected chi connectivity index (χ1v) is 11.3. The zero-order valence-electron chi connectivity index (χ0n) is 15.8. The van der Waals surface area contributed by atoms with Crippen molar-refractivity contribution in [3.05, 3.63) is 84.4 Å². The summed E-state index contributed by atoms with van der Waals surface area (Å²) in [7, 11) is -3.51. The van der Waals surface area contributed by atoms with E-state index >= 15 is 0 Å². The van der Waals surface area contributed by atoms with Crippen molar-refractivity contribution in [1.82, 2.24) is 9.55 Å². The minimum Gasteiger partial charge on any atom is -0.311 e. The first kappa shape index (κ1) is 19.4. The lowest BCUT2D eigenvalue weighted by molar-refractivity contribution is 0.582. The normalized spacial score (nSPS) is 11.7. The molecule has 0 radical (unpaired) electrons. The molecule has 0 atom stereocenters. The zero-order chi connectivity index (χ0) is 20.6. The second kappa shape index (κ2) is 7.50. The Hall–Kier alpha value is -2.89. The molecule has 4 aromatic rings. The summed E-state index contributed by atoms with van der Waals surface area (Å²) in [5.74, 6) is 0. The molecule has 0 aliphatic heterocycles. The summed E-state index contributed by atoms with van der Waals surface area (Å²) in [6.07, 6.45) is 2.80. The van der Waals surface area contributed by atoms with Gasteiger partial charge in [-0.2, -0.15) is 0 Å². The highest BCUT2D eigenvalue weighted by Gasteiger charge is 2.21. The maximum absolute atomic E-state index is 12.3. The average Bonchev–Trinajstić information content (AvgIpc) is 3.07. The number of halogens is 1. The second-order valence-electron chi connectivity index (χ2n) is 6.83. The third-order valence-electron chi connectivity index (χ3n) is 4.73. The smallest absolute Gasteiger partial charge is 0.228 e. The van der Waals surface area contributed by atoms with Crippen molar-refractivity contribution in [3.8, 4) is 22.3 Å². The maximum Gasteiger partial charge on any atom is 0.228 e. The van der Waals surface area contributed by atoms with Gasteiger partial charge in [-0.05, 0) is 28.8 Å². The van der Waals surface area contributed by atoms with Crippen LogP contribution >= 0.6 is 11.6 Å². The van der Waals surface area contributed by atoms with E-state index in [0.717, 1.165) is 28.5 Å². The Kier molecular flexibility index (Phi) is 5.03. The summed E-state index contributed by atoms with van der Waals surface area (Å²) >= 11 is 6.38. The Morgan fingerprint density at radius 1 is 1.00 bits per heavy atom. The molecule has 1 aromatic heterocycles. The van der Waals surface area contributed by atoms with Crippen molar-refractivity contribution in [2.75, 3.05) is 6.26 Å². The third-order valence-corrected chi connectivity index (χ3v) is 5.92. The van der Waals surface area contributed by atoms with Crippen LogP contribution in [0.3, 0.4) is 0 Å². The number of rotatable bonds is 5. The highest BCUT2D eigenvalue weighted by Crippen LogP contribution is 2.34.